The molecule has 3 aliphatic carbocycles. The van der Waals surface area contributed by atoms with Crippen LogP contribution >= 0.6 is 0 Å². The lowest BCUT2D eigenvalue weighted by Crippen LogP contribution is -2.21. The summed E-state index contributed by atoms with van der Waals surface area (Å²) in [6, 6.07) is 0. The van der Waals surface area contributed by atoms with Crippen molar-refractivity contribution >= 4 is 5.97 Å². The molecule has 3 fully saturated rings. The minimum atomic E-state index is -0.726. The Kier molecular flexibility index (Phi) is 8.37. The van der Waals surface area contributed by atoms with Gasteiger partial charge in [0.05, 0.1) is 12.2 Å². The van der Waals surface area contributed by atoms with Gasteiger partial charge in [0.15, 0.2) is 0 Å². The second kappa shape index (κ2) is 10.8. The molecule has 0 aromatic heterocycles. The molecular formula is C25H40O4. The molecule has 164 valence electrons. The zero-order valence-electron chi connectivity index (χ0n) is 18.0. The Bertz CT molecular complexity index is 590. The SMILES string of the molecule is CC(C[C@@H](O)C=C[C@@H]1[C@H]2CC(=CCCCC(=O)O)C[C@@H]2C[C@H]1O)C1CCCCC1. The van der Waals surface area contributed by atoms with E-state index in [0.29, 0.717) is 24.2 Å². The van der Waals surface area contributed by atoms with Crippen LogP contribution in [-0.2, 0) is 4.79 Å². The molecule has 0 heterocycles. The molecule has 0 radical (unpaired) electrons. The maximum absolute atomic E-state index is 10.6. The molecule has 0 aromatic rings. The molecule has 0 saturated heterocycles. The lowest BCUT2D eigenvalue weighted by Gasteiger charge is -2.28. The van der Waals surface area contributed by atoms with Gasteiger partial charge in [-0.2, -0.15) is 0 Å². The Hall–Kier alpha value is -1.13. The number of allylic oxidation sites excluding steroid dienone is 2. The van der Waals surface area contributed by atoms with Crippen LogP contribution in [0, 0.1) is 29.6 Å². The second-order valence-corrected chi connectivity index (χ2v) is 9.92. The van der Waals surface area contributed by atoms with Gasteiger partial charge < -0.3 is 15.3 Å². The summed E-state index contributed by atoms with van der Waals surface area (Å²) in [5, 5.41) is 29.8. The molecule has 0 aromatic carbocycles. The molecule has 6 atom stereocenters. The zero-order chi connectivity index (χ0) is 20.8. The van der Waals surface area contributed by atoms with Gasteiger partial charge in [-0.1, -0.05) is 62.8 Å². The number of aliphatic hydroxyl groups is 2. The Morgan fingerprint density at radius 1 is 1.21 bits per heavy atom. The van der Waals surface area contributed by atoms with Crippen LogP contribution in [0.3, 0.4) is 0 Å². The van der Waals surface area contributed by atoms with Gasteiger partial charge in [0.2, 0.25) is 0 Å². The smallest absolute Gasteiger partial charge is 0.303 e. The Morgan fingerprint density at radius 2 is 1.97 bits per heavy atom. The van der Waals surface area contributed by atoms with Crippen molar-refractivity contribution in [1.29, 1.82) is 0 Å². The third kappa shape index (κ3) is 6.42. The number of aliphatic hydroxyl groups excluding tert-OH is 2. The maximum atomic E-state index is 10.6. The van der Waals surface area contributed by atoms with Crippen LogP contribution in [0.15, 0.2) is 23.8 Å². The molecule has 3 aliphatic rings. The van der Waals surface area contributed by atoms with Gasteiger partial charge in [0.1, 0.15) is 0 Å². The summed E-state index contributed by atoms with van der Waals surface area (Å²) in [7, 11) is 0. The molecule has 0 aliphatic heterocycles. The molecule has 3 rings (SSSR count). The van der Waals surface area contributed by atoms with E-state index >= 15 is 0 Å². The van der Waals surface area contributed by atoms with E-state index in [9.17, 15) is 15.0 Å². The number of hydrogen-bond acceptors (Lipinski definition) is 3. The summed E-state index contributed by atoms with van der Waals surface area (Å²) in [6.45, 7) is 2.28. The highest BCUT2D eigenvalue weighted by atomic mass is 16.4. The molecule has 29 heavy (non-hydrogen) atoms. The first-order valence-electron chi connectivity index (χ1n) is 11.9. The summed E-state index contributed by atoms with van der Waals surface area (Å²) in [5.41, 5.74) is 1.43. The van der Waals surface area contributed by atoms with Crippen molar-refractivity contribution < 1.29 is 20.1 Å². The van der Waals surface area contributed by atoms with Gasteiger partial charge in [-0.25, -0.2) is 0 Å². The van der Waals surface area contributed by atoms with E-state index in [1.165, 1.54) is 37.7 Å². The number of rotatable bonds is 9. The fourth-order valence-corrected chi connectivity index (χ4v) is 6.11. The highest BCUT2D eigenvalue weighted by molar-refractivity contribution is 5.66. The second-order valence-electron chi connectivity index (χ2n) is 9.92. The lowest BCUT2D eigenvalue weighted by molar-refractivity contribution is -0.137. The monoisotopic (exact) mass is 404 g/mol. The predicted molar refractivity (Wildman–Crippen MR) is 115 cm³/mol. The van der Waals surface area contributed by atoms with Gasteiger partial charge in [0, 0.05) is 12.3 Å². The molecule has 3 N–H and O–H groups in total. The van der Waals surface area contributed by atoms with E-state index in [4.69, 9.17) is 5.11 Å². The normalized spacial score (nSPS) is 34.0. The predicted octanol–water partition coefficient (Wildman–Crippen LogP) is 5.10. The van der Waals surface area contributed by atoms with Crippen LogP contribution < -0.4 is 0 Å². The molecule has 4 nitrogen and oxygen atoms in total. The quantitative estimate of drug-likeness (QED) is 0.369. The summed E-state index contributed by atoms with van der Waals surface area (Å²) >= 11 is 0. The topological polar surface area (TPSA) is 77.8 Å². The fraction of sp³-hybridized carbons (Fsp3) is 0.800. The summed E-state index contributed by atoms with van der Waals surface area (Å²) in [6.07, 6.45) is 17.7. The van der Waals surface area contributed by atoms with Crippen molar-refractivity contribution in [3.8, 4) is 0 Å². The highest BCUT2D eigenvalue weighted by Crippen LogP contribution is 2.50. The fourth-order valence-electron chi connectivity index (χ4n) is 6.11. The number of fused-ring (bicyclic) bond motifs is 1. The zero-order valence-corrected chi connectivity index (χ0v) is 18.0. The van der Waals surface area contributed by atoms with Crippen LogP contribution in [0.4, 0.5) is 0 Å². The first kappa shape index (κ1) is 22.6. The van der Waals surface area contributed by atoms with Crippen molar-refractivity contribution in [2.24, 2.45) is 29.6 Å². The van der Waals surface area contributed by atoms with Crippen LogP contribution in [0.1, 0.15) is 84.0 Å². The van der Waals surface area contributed by atoms with E-state index in [1.54, 1.807) is 0 Å². The largest absolute Gasteiger partial charge is 0.481 e. The van der Waals surface area contributed by atoms with Crippen molar-refractivity contribution in [2.75, 3.05) is 0 Å². The highest BCUT2D eigenvalue weighted by Gasteiger charge is 2.44. The summed E-state index contributed by atoms with van der Waals surface area (Å²) in [5.74, 6) is 1.74. The van der Waals surface area contributed by atoms with Crippen LogP contribution in [-0.4, -0.2) is 33.5 Å². The molecule has 4 heteroatoms. The van der Waals surface area contributed by atoms with Gasteiger partial charge in [-0.3, -0.25) is 4.79 Å². The van der Waals surface area contributed by atoms with Gasteiger partial charge >= 0.3 is 5.97 Å². The number of carboxylic acids is 1. The van der Waals surface area contributed by atoms with E-state index in [-0.39, 0.29) is 18.4 Å². The van der Waals surface area contributed by atoms with Crippen LogP contribution in [0.5, 0.6) is 0 Å². The summed E-state index contributed by atoms with van der Waals surface area (Å²) in [4.78, 5) is 10.6. The van der Waals surface area contributed by atoms with Crippen LogP contribution in [0.2, 0.25) is 0 Å². The van der Waals surface area contributed by atoms with Crippen molar-refractivity contribution in [3.63, 3.8) is 0 Å². The number of aliphatic carboxylic acids is 1. The molecule has 0 spiro atoms. The maximum Gasteiger partial charge on any atom is 0.303 e. The summed E-state index contributed by atoms with van der Waals surface area (Å²) < 4.78 is 0. The first-order valence-corrected chi connectivity index (χ1v) is 11.9. The molecule has 1 unspecified atom stereocenters. The van der Waals surface area contributed by atoms with Crippen molar-refractivity contribution in [1.82, 2.24) is 0 Å². The minimum Gasteiger partial charge on any atom is -0.481 e. The van der Waals surface area contributed by atoms with Gasteiger partial charge in [-0.15, -0.1) is 0 Å². The molecular weight excluding hydrogens is 364 g/mol. The third-order valence-electron chi connectivity index (χ3n) is 7.76. The van der Waals surface area contributed by atoms with Crippen molar-refractivity contribution in [3.05, 3.63) is 23.8 Å². The average Bonchev–Trinajstić information content (AvgIpc) is 3.20. The number of hydrogen-bond donors (Lipinski definition) is 3. The van der Waals surface area contributed by atoms with E-state index < -0.39 is 12.1 Å². The third-order valence-corrected chi connectivity index (χ3v) is 7.76. The molecule has 0 bridgehead atoms. The Balaban J connectivity index is 1.48. The van der Waals surface area contributed by atoms with Crippen LogP contribution in [0.25, 0.3) is 0 Å². The molecule has 3 saturated carbocycles. The van der Waals surface area contributed by atoms with Crippen molar-refractivity contribution in [2.45, 2.75) is 96.2 Å². The number of carboxylic acid groups (broad SMARTS) is 1. The number of unbranched alkanes of at least 4 members (excludes halogenated alkanes) is 1. The van der Waals surface area contributed by atoms with E-state index in [2.05, 4.69) is 19.1 Å². The minimum absolute atomic E-state index is 0.143. The van der Waals surface area contributed by atoms with Gasteiger partial charge in [0.25, 0.3) is 0 Å². The standard InChI is InChI=1S/C25H40O4/c1-17(19-8-3-2-4-9-19)13-21(26)11-12-22-23-15-18(7-5-6-10-25(28)29)14-20(23)16-24(22)27/h7,11-12,17,19-24,26-27H,2-6,8-10,13-16H2,1H3,(H,28,29)/t17?,20-,21+,22-,23+,24-/m1/s1. The number of carbonyl (C=O) groups is 1. The Labute approximate surface area is 176 Å². The first-order chi connectivity index (χ1) is 13.9. The average molecular weight is 405 g/mol. The molecule has 0 amide bonds. The lowest BCUT2D eigenvalue weighted by atomic mass is 9.78. The van der Waals surface area contributed by atoms with E-state index in [0.717, 1.165) is 38.0 Å². The van der Waals surface area contributed by atoms with E-state index in [1.807, 2.05) is 6.08 Å². The Morgan fingerprint density at radius 3 is 2.69 bits per heavy atom. The van der Waals surface area contributed by atoms with Gasteiger partial charge in [-0.05, 0) is 62.2 Å².